The molecular weight excluding hydrogens is 140 g/mol. The van der Waals surface area contributed by atoms with Crippen LogP contribution in [0.15, 0.2) is 18.4 Å². The van der Waals surface area contributed by atoms with Crippen molar-refractivity contribution in [1.29, 1.82) is 0 Å². The summed E-state index contributed by atoms with van der Waals surface area (Å²) in [5.41, 5.74) is 2.56. The molecule has 0 amide bonds. The molecule has 0 bridgehead atoms. The molecule has 0 fully saturated rings. The van der Waals surface area contributed by atoms with Gasteiger partial charge in [-0.2, -0.15) is 0 Å². The highest BCUT2D eigenvalue weighted by Crippen LogP contribution is 1.85. The second kappa shape index (κ2) is 15.9. The van der Waals surface area contributed by atoms with Crippen LogP contribution >= 0.6 is 0 Å². The Morgan fingerprint density at radius 1 is 1.27 bits per heavy atom. The van der Waals surface area contributed by atoms with E-state index in [4.69, 9.17) is 0 Å². The van der Waals surface area contributed by atoms with Crippen LogP contribution in [0, 0.1) is 0 Å². The maximum absolute atomic E-state index is 9.56. The van der Waals surface area contributed by atoms with Crippen LogP contribution in [-0.4, -0.2) is 12.6 Å². The maximum Gasteiger partial charge on any atom is 0.120 e. The Morgan fingerprint density at radius 3 is 1.82 bits per heavy atom. The molecule has 0 aromatic heterocycles. The van der Waals surface area contributed by atoms with Crippen LogP contribution in [0.4, 0.5) is 0 Å². The Kier molecular flexibility index (Phi) is 18.2. The molecule has 62 valence electrons. The Balaban J connectivity index is 0. The van der Waals surface area contributed by atoms with Gasteiger partial charge in [0.05, 0.1) is 0 Å². The van der Waals surface area contributed by atoms with Gasteiger partial charge in [0.2, 0.25) is 0 Å². The third-order valence-corrected chi connectivity index (χ3v) is 0.848. The summed E-state index contributed by atoms with van der Waals surface area (Å²) in [5, 5.41) is 0. The molecule has 0 atom stereocenters. The van der Waals surface area contributed by atoms with Crippen LogP contribution < -0.4 is 0 Å². The number of carbonyl (C=O) groups is 2. The second-order valence-corrected chi connectivity index (χ2v) is 1.76. The zero-order chi connectivity index (χ0) is 8.95. The Hall–Kier alpha value is -1.14. The predicted molar refractivity (Wildman–Crippen MR) is 45.4 cm³/mol. The van der Waals surface area contributed by atoms with Crippen LogP contribution in [0.25, 0.3) is 0 Å². The number of unbranched alkanes of at least 4 members (excludes halogenated alkanes) is 2. The molecule has 0 heterocycles. The van der Waals surface area contributed by atoms with Crippen molar-refractivity contribution in [3.63, 3.8) is 0 Å². The summed E-state index contributed by atoms with van der Waals surface area (Å²) in [7, 11) is 0. The Bertz CT molecular complexity index is 124. The van der Waals surface area contributed by atoms with Crippen LogP contribution in [0.1, 0.15) is 26.2 Å². The van der Waals surface area contributed by atoms with E-state index in [0.717, 1.165) is 12.6 Å². The van der Waals surface area contributed by atoms with Crippen LogP contribution in [0.5, 0.6) is 0 Å². The van der Waals surface area contributed by atoms with Crippen LogP contribution in [-0.2, 0) is 9.59 Å². The SMILES string of the molecule is C=C=CC.O=CCCCC=O. The van der Waals surface area contributed by atoms with Gasteiger partial charge in [0.15, 0.2) is 0 Å². The highest BCUT2D eigenvalue weighted by molar-refractivity contribution is 5.52. The molecule has 0 aliphatic carbocycles. The van der Waals surface area contributed by atoms with Gasteiger partial charge < -0.3 is 9.59 Å². The Morgan fingerprint density at radius 2 is 1.64 bits per heavy atom. The lowest BCUT2D eigenvalue weighted by atomic mass is 10.3. The first-order chi connectivity index (χ1) is 5.33. The van der Waals surface area contributed by atoms with Gasteiger partial charge in [-0.15, -0.1) is 5.73 Å². The summed E-state index contributed by atoms with van der Waals surface area (Å²) in [6.07, 6.45) is 5.14. The molecule has 0 spiro atoms. The standard InChI is InChI=1S/C5H8O2.C4H6/c6-4-2-1-3-5-7;1-3-4-2/h4-5H,1-3H2;4H,1H2,2H3. The summed E-state index contributed by atoms with van der Waals surface area (Å²) in [6.45, 7) is 5.18. The van der Waals surface area contributed by atoms with Gasteiger partial charge in [-0.3, -0.25) is 0 Å². The molecule has 0 aromatic rings. The van der Waals surface area contributed by atoms with Gasteiger partial charge >= 0.3 is 0 Å². The van der Waals surface area contributed by atoms with E-state index in [1.165, 1.54) is 0 Å². The highest BCUT2D eigenvalue weighted by atomic mass is 16.1. The number of aldehydes is 2. The predicted octanol–water partition coefficient (Wildman–Crippen LogP) is 1.90. The number of rotatable bonds is 4. The van der Waals surface area contributed by atoms with Crippen LogP contribution in [0.2, 0.25) is 0 Å². The van der Waals surface area contributed by atoms with Crippen molar-refractivity contribution in [1.82, 2.24) is 0 Å². The molecule has 0 rings (SSSR count). The van der Waals surface area contributed by atoms with E-state index in [9.17, 15) is 9.59 Å². The Labute approximate surface area is 67.6 Å². The zero-order valence-electron chi connectivity index (χ0n) is 6.88. The molecular formula is C9H14O2. The molecule has 0 radical (unpaired) electrons. The van der Waals surface area contributed by atoms with Gasteiger partial charge in [0, 0.05) is 12.8 Å². The average molecular weight is 154 g/mol. The quantitative estimate of drug-likeness (QED) is 0.352. The van der Waals surface area contributed by atoms with Gasteiger partial charge in [0.1, 0.15) is 12.6 Å². The molecule has 11 heavy (non-hydrogen) atoms. The largest absolute Gasteiger partial charge is 0.303 e. The maximum atomic E-state index is 9.56. The van der Waals surface area contributed by atoms with E-state index >= 15 is 0 Å². The molecule has 0 N–H and O–H groups in total. The number of allylic oxidation sites excluding steroid dienone is 1. The van der Waals surface area contributed by atoms with Gasteiger partial charge in [0.25, 0.3) is 0 Å². The van der Waals surface area contributed by atoms with Crippen molar-refractivity contribution in [3.8, 4) is 0 Å². The van der Waals surface area contributed by atoms with E-state index in [0.29, 0.717) is 19.3 Å². The monoisotopic (exact) mass is 154 g/mol. The lowest BCUT2D eigenvalue weighted by Crippen LogP contribution is -1.76. The molecule has 0 aromatic carbocycles. The second-order valence-electron chi connectivity index (χ2n) is 1.76. The smallest absolute Gasteiger partial charge is 0.120 e. The molecule has 0 unspecified atom stereocenters. The van der Waals surface area contributed by atoms with E-state index < -0.39 is 0 Å². The molecule has 0 aliphatic rings. The van der Waals surface area contributed by atoms with Gasteiger partial charge in [-0.1, -0.05) is 6.58 Å². The summed E-state index contributed by atoms with van der Waals surface area (Å²) >= 11 is 0. The molecule has 0 saturated carbocycles. The normalized spacial score (nSPS) is 6.64. The molecule has 2 heteroatoms. The van der Waals surface area contributed by atoms with Crippen LogP contribution in [0.3, 0.4) is 0 Å². The lowest BCUT2D eigenvalue weighted by molar-refractivity contribution is -0.108. The third kappa shape index (κ3) is 28.0. The van der Waals surface area contributed by atoms with Crippen molar-refractivity contribution >= 4 is 12.6 Å². The fraction of sp³-hybridized carbons (Fsp3) is 0.444. The fourth-order valence-electron chi connectivity index (χ4n) is 0.285. The van der Waals surface area contributed by atoms with Crippen molar-refractivity contribution < 1.29 is 9.59 Å². The van der Waals surface area contributed by atoms with Crippen molar-refractivity contribution in [2.45, 2.75) is 26.2 Å². The molecule has 2 nitrogen and oxygen atoms in total. The third-order valence-electron chi connectivity index (χ3n) is 0.848. The summed E-state index contributed by atoms with van der Waals surface area (Å²) in [6, 6.07) is 0. The molecule has 0 saturated heterocycles. The van der Waals surface area contributed by atoms with E-state index in [-0.39, 0.29) is 0 Å². The average Bonchev–Trinajstić information content (AvgIpc) is 2.06. The number of hydrogen-bond donors (Lipinski definition) is 0. The van der Waals surface area contributed by atoms with Gasteiger partial charge in [-0.05, 0) is 19.4 Å². The van der Waals surface area contributed by atoms with Crippen molar-refractivity contribution in [2.75, 3.05) is 0 Å². The van der Waals surface area contributed by atoms with E-state index in [2.05, 4.69) is 12.3 Å². The lowest BCUT2D eigenvalue weighted by Gasteiger charge is -1.78. The highest BCUT2D eigenvalue weighted by Gasteiger charge is 1.80. The summed E-state index contributed by atoms with van der Waals surface area (Å²) < 4.78 is 0. The summed E-state index contributed by atoms with van der Waals surface area (Å²) in [4.78, 5) is 19.1. The van der Waals surface area contributed by atoms with Crippen molar-refractivity contribution in [3.05, 3.63) is 18.4 Å². The fourth-order valence-corrected chi connectivity index (χ4v) is 0.285. The molecule has 0 aliphatic heterocycles. The minimum absolute atomic E-state index is 0.513. The minimum Gasteiger partial charge on any atom is -0.303 e. The van der Waals surface area contributed by atoms with Crippen molar-refractivity contribution in [2.24, 2.45) is 0 Å². The first-order valence-electron chi connectivity index (χ1n) is 3.51. The topological polar surface area (TPSA) is 34.1 Å². The minimum atomic E-state index is 0.513. The zero-order valence-corrected chi connectivity index (χ0v) is 6.88. The van der Waals surface area contributed by atoms with E-state index in [1.54, 1.807) is 6.08 Å². The van der Waals surface area contributed by atoms with E-state index in [1.807, 2.05) is 6.92 Å². The first kappa shape index (κ1) is 12.5. The van der Waals surface area contributed by atoms with Gasteiger partial charge in [-0.25, -0.2) is 0 Å². The number of hydrogen-bond acceptors (Lipinski definition) is 2. The number of carbonyl (C=O) groups excluding carboxylic acids is 2. The summed E-state index contributed by atoms with van der Waals surface area (Å²) in [5.74, 6) is 0. The first-order valence-corrected chi connectivity index (χ1v) is 3.51.